The van der Waals surface area contributed by atoms with Crippen LogP contribution in [0.25, 0.3) is 0 Å². The highest BCUT2D eigenvalue weighted by Crippen LogP contribution is 2.26. The van der Waals surface area contributed by atoms with Gasteiger partial charge in [-0.1, -0.05) is 49.7 Å². The van der Waals surface area contributed by atoms with Crippen LogP contribution in [-0.2, 0) is 4.79 Å². The summed E-state index contributed by atoms with van der Waals surface area (Å²) in [5.41, 5.74) is 3.28. The van der Waals surface area contributed by atoms with Crippen molar-refractivity contribution in [3.05, 3.63) is 59.7 Å². The van der Waals surface area contributed by atoms with E-state index < -0.39 is 0 Å². The van der Waals surface area contributed by atoms with E-state index in [1.807, 2.05) is 49.4 Å². The average Bonchev–Trinajstić information content (AvgIpc) is 2.56. The minimum Gasteiger partial charge on any atom is -0.493 e. The third kappa shape index (κ3) is 5.13. The maximum absolute atomic E-state index is 12.1. The summed E-state index contributed by atoms with van der Waals surface area (Å²) < 4.78 is 5.61. The summed E-state index contributed by atoms with van der Waals surface area (Å²) in [6.07, 6.45) is 1.38. The Morgan fingerprint density at radius 1 is 1.13 bits per heavy atom. The third-order valence-corrected chi connectivity index (χ3v) is 4.00. The quantitative estimate of drug-likeness (QED) is 0.788. The molecule has 2 aromatic carbocycles. The van der Waals surface area contributed by atoms with Gasteiger partial charge in [-0.2, -0.15) is 0 Å². The van der Waals surface area contributed by atoms with Crippen LogP contribution in [0.4, 0.5) is 5.69 Å². The number of para-hydroxylation sites is 1. The van der Waals surface area contributed by atoms with Crippen molar-refractivity contribution in [1.82, 2.24) is 0 Å². The first-order chi connectivity index (χ1) is 11.1. The molecule has 0 spiro atoms. The van der Waals surface area contributed by atoms with E-state index in [1.165, 1.54) is 11.1 Å². The second-order valence-electron chi connectivity index (χ2n) is 5.86. The lowest BCUT2D eigenvalue weighted by atomic mass is 9.97. The van der Waals surface area contributed by atoms with Gasteiger partial charge >= 0.3 is 0 Å². The molecule has 0 saturated carbocycles. The summed E-state index contributed by atoms with van der Waals surface area (Å²) in [6, 6.07) is 15.8. The Labute approximate surface area is 138 Å². The van der Waals surface area contributed by atoms with E-state index in [1.54, 1.807) is 0 Å². The molecule has 2 rings (SSSR count). The fourth-order valence-corrected chi connectivity index (χ4v) is 2.37. The second-order valence-corrected chi connectivity index (χ2v) is 5.86. The highest BCUT2D eigenvalue weighted by molar-refractivity contribution is 5.91. The number of hydrogen-bond acceptors (Lipinski definition) is 2. The smallest absolute Gasteiger partial charge is 0.227 e. The summed E-state index contributed by atoms with van der Waals surface area (Å²) in [7, 11) is 0. The molecule has 1 amide bonds. The van der Waals surface area contributed by atoms with Crippen LogP contribution in [0, 0.1) is 6.92 Å². The normalized spacial score (nSPS) is 11.8. The van der Waals surface area contributed by atoms with Crippen molar-refractivity contribution in [1.29, 1.82) is 0 Å². The molecule has 0 aliphatic rings. The van der Waals surface area contributed by atoms with Crippen molar-refractivity contribution in [2.45, 2.75) is 39.5 Å². The van der Waals surface area contributed by atoms with Gasteiger partial charge in [-0.15, -0.1) is 0 Å². The predicted molar refractivity (Wildman–Crippen MR) is 95.1 cm³/mol. The highest BCUT2D eigenvalue weighted by atomic mass is 16.5. The van der Waals surface area contributed by atoms with Gasteiger partial charge in [-0.3, -0.25) is 4.79 Å². The molecule has 0 unspecified atom stereocenters. The number of ether oxygens (including phenoxy) is 1. The molecule has 1 N–H and O–H groups in total. The van der Waals surface area contributed by atoms with Gasteiger partial charge < -0.3 is 10.1 Å². The molecule has 0 radical (unpaired) electrons. The fraction of sp³-hybridized carbons (Fsp3) is 0.350. The lowest BCUT2D eigenvalue weighted by Gasteiger charge is -2.15. The number of anilines is 1. The number of carbonyl (C=O) groups is 1. The van der Waals surface area contributed by atoms with Crippen molar-refractivity contribution in [3.63, 3.8) is 0 Å². The Bertz CT molecular complexity index is 634. The molecule has 23 heavy (non-hydrogen) atoms. The van der Waals surface area contributed by atoms with E-state index in [-0.39, 0.29) is 5.91 Å². The second kappa shape index (κ2) is 8.37. The minimum absolute atomic E-state index is 0.0205. The zero-order valence-electron chi connectivity index (χ0n) is 14.1. The Balaban J connectivity index is 1.86. The Hall–Kier alpha value is -2.29. The standard InChI is InChI=1S/C20H25NO2/c1-4-16(3)18-7-5-6-8-19(18)21-20(22)13-14-23-17-11-9-15(2)10-12-17/h5-12,16H,4,13-14H2,1-3H3,(H,21,22)/t16-/m0/s1. The van der Waals surface area contributed by atoms with Crippen LogP contribution in [0.3, 0.4) is 0 Å². The van der Waals surface area contributed by atoms with Gasteiger partial charge in [0.25, 0.3) is 0 Å². The van der Waals surface area contributed by atoms with E-state index in [0.29, 0.717) is 18.9 Å². The average molecular weight is 311 g/mol. The monoisotopic (exact) mass is 311 g/mol. The van der Waals surface area contributed by atoms with Gasteiger partial charge in [-0.25, -0.2) is 0 Å². The Morgan fingerprint density at radius 3 is 2.52 bits per heavy atom. The van der Waals surface area contributed by atoms with Crippen molar-refractivity contribution in [3.8, 4) is 5.75 Å². The topological polar surface area (TPSA) is 38.3 Å². The first kappa shape index (κ1) is 17.1. The van der Waals surface area contributed by atoms with E-state index in [0.717, 1.165) is 17.9 Å². The number of carbonyl (C=O) groups excluding carboxylic acids is 1. The fourth-order valence-electron chi connectivity index (χ4n) is 2.37. The molecule has 0 saturated heterocycles. The molecule has 0 fully saturated rings. The Morgan fingerprint density at radius 2 is 1.83 bits per heavy atom. The number of rotatable bonds is 7. The Kier molecular flexibility index (Phi) is 6.21. The molecular formula is C20H25NO2. The van der Waals surface area contributed by atoms with Crippen LogP contribution < -0.4 is 10.1 Å². The van der Waals surface area contributed by atoms with Crippen LogP contribution in [0.5, 0.6) is 5.75 Å². The first-order valence-electron chi connectivity index (χ1n) is 8.18. The van der Waals surface area contributed by atoms with E-state index in [9.17, 15) is 4.79 Å². The maximum atomic E-state index is 12.1. The zero-order valence-corrected chi connectivity index (χ0v) is 14.1. The molecular weight excluding hydrogens is 286 g/mol. The maximum Gasteiger partial charge on any atom is 0.227 e. The lowest BCUT2D eigenvalue weighted by molar-refractivity contribution is -0.116. The molecule has 0 aliphatic carbocycles. The molecule has 0 bridgehead atoms. The molecule has 122 valence electrons. The molecule has 0 aliphatic heterocycles. The van der Waals surface area contributed by atoms with Gasteiger partial charge in [0.2, 0.25) is 5.91 Å². The molecule has 1 atom stereocenters. The van der Waals surface area contributed by atoms with Crippen LogP contribution in [0.2, 0.25) is 0 Å². The van der Waals surface area contributed by atoms with Crippen LogP contribution in [0.15, 0.2) is 48.5 Å². The summed E-state index contributed by atoms with van der Waals surface area (Å²) in [6.45, 7) is 6.73. The summed E-state index contributed by atoms with van der Waals surface area (Å²) in [4.78, 5) is 12.1. The molecule has 0 heterocycles. The minimum atomic E-state index is -0.0205. The number of benzene rings is 2. The predicted octanol–water partition coefficient (Wildman–Crippen LogP) is 4.92. The van der Waals surface area contributed by atoms with Crippen LogP contribution >= 0.6 is 0 Å². The van der Waals surface area contributed by atoms with E-state index in [2.05, 4.69) is 25.2 Å². The van der Waals surface area contributed by atoms with Gasteiger partial charge in [0.15, 0.2) is 0 Å². The summed E-state index contributed by atoms with van der Waals surface area (Å²) >= 11 is 0. The van der Waals surface area contributed by atoms with Gasteiger partial charge in [0, 0.05) is 5.69 Å². The third-order valence-electron chi connectivity index (χ3n) is 4.00. The van der Waals surface area contributed by atoms with E-state index in [4.69, 9.17) is 4.74 Å². The van der Waals surface area contributed by atoms with Crippen molar-refractivity contribution >= 4 is 11.6 Å². The number of hydrogen-bond donors (Lipinski definition) is 1. The lowest BCUT2D eigenvalue weighted by Crippen LogP contribution is -2.16. The number of aryl methyl sites for hydroxylation is 1. The van der Waals surface area contributed by atoms with E-state index >= 15 is 0 Å². The van der Waals surface area contributed by atoms with Crippen molar-refractivity contribution in [2.24, 2.45) is 0 Å². The largest absolute Gasteiger partial charge is 0.493 e. The van der Waals surface area contributed by atoms with Crippen molar-refractivity contribution in [2.75, 3.05) is 11.9 Å². The number of nitrogens with one attached hydrogen (secondary N) is 1. The molecule has 0 aromatic heterocycles. The van der Waals surface area contributed by atoms with Crippen LogP contribution in [0.1, 0.15) is 43.7 Å². The SMILES string of the molecule is CC[C@H](C)c1ccccc1NC(=O)CCOc1ccc(C)cc1. The van der Waals surface area contributed by atoms with Crippen molar-refractivity contribution < 1.29 is 9.53 Å². The summed E-state index contributed by atoms with van der Waals surface area (Å²) in [5.74, 6) is 1.20. The molecule has 3 heteroatoms. The van der Waals surface area contributed by atoms with Crippen LogP contribution in [-0.4, -0.2) is 12.5 Å². The van der Waals surface area contributed by atoms with Gasteiger partial charge in [0.1, 0.15) is 5.75 Å². The molecule has 3 nitrogen and oxygen atoms in total. The van der Waals surface area contributed by atoms with Gasteiger partial charge in [-0.05, 0) is 43.0 Å². The molecule has 2 aromatic rings. The zero-order chi connectivity index (χ0) is 16.7. The first-order valence-corrected chi connectivity index (χ1v) is 8.18. The summed E-state index contributed by atoms with van der Waals surface area (Å²) in [5, 5.41) is 3.00. The highest BCUT2D eigenvalue weighted by Gasteiger charge is 2.11. The van der Waals surface area contributed by atoms with Gasteiger partial charge in [0.05, 0.1) is 13.0 Å². The number of amides is 1.